The maximum Gasteiger partial charge on any atom is 0.320 e. The van der Waals surface area contributed by atoms with Gasteiger partial charge in [-0.25, -0.2) is 4.39 Å². The number of carbonyl (C=O) groups is 1. The Kier molecular flexibility index (Phi) is 4.27. The molecular weight excluding hydrogens is 337 g/mol. The lowest BCUT2D eigenvalue weighted by atomic mass is 9.95. The molecule has 0 saturated carbocycles. The lowest BCUT2D eigenvalue weighted by molar-refractivity contribution is -0.142. The van der Waals surface area contributed by atoms with Gasteiger partial charge in [-0.15, -0.1) is 11.3 Å². The molecule has 0 amide bonds. The summed E-state index contributed by atoms with van der Waals surface area (Å²) in [5.74, 6) is -1.13. The molecule has 0 radical (unpaired) electrons. The fraction of sp³-hybridized carbons (Fsp3) is 0.250. The first kappa shape index (κ1) is 16.2. The van der Waals surface area contributed by atoms with Crippen molar-refractivity contribution in [1.29, 1.82) is 0 Å². The number of fused-ring (bicyclic) bond motifs is 1. The summed E-state index contributed by atoms with van der Waals surface area (Å²) in [5.41, 5.74) is 1.53. The topological polar surface area (TPSA) is 40.5 Å². The standard InChI is InChI=1S/C20H18FNO2S/c21-16-8-3-1-7-14(16)19(22-11-5-9-17(22)20(23)24)15-12-25-18-10-4-2-6-13(15)18/h1-4,6-8,10,12,17,19H,5,9,11H2,(H,23,24). The molecule has 1 aromatic heterocycles. The van der Waals surface area contributed by atoms with E-state index in [1.54, 1.807) is 23.5 Å². The van der Waals surface area contributed by atoms with Gasteiger partial charge in [0.15, 0.2) is 0 Å². The van der Waals surface area contributed by atoms with E-state index in [0.29, 0.717) is 18.5 Å². The molecule has 2 unspecified atom stereocenters. The quantitative estimate of drug-likeness (QED) is 0.739. The highest BCUT2D eigenvalue weighted by atomic mass is 32.1. The van der Waals surface area contributed by atoms with E-state index >= 15 is 0 Å². The Labute approximate surface area is 149 Å². The van der Waals surface area contributed by atoms with Crippen LogP contribution >= 0.6 is 11.3 Å². The summed E-state index contributed by atoms with van der Waals surface area (Å²) in [6.45, 7) is 0.653. The van der Waals surface area contributed by atoms with Crippen molar-refractivity contribution < 1.29 is 14.3 Å². The Bertz CT molecular complexity index is 923. The predicted molar refractivity (Wildman–Crippen MR) is 97.4 cm³/mol. The summed E-state index contributed by atoms with van der Waals surface area (Å²) in [6.07, 6.45) is 1.41. The zero-order valence-electron chi connectivity index (χ0n) is 13.6. The number of carboxylic acids is 1. The summed E-state index contributed by atoms with van der Waals surface area (Å²) in [5, 5.41) is 12.7. The van der Waals surface area contributed by atoms with Crippen LogP contribution in [0.4, 0.5) is 4.39 Å². The molecule has 0 spiro atoms. The van der Waals surface area contributed by atoms with Gasteiger partial charge in [-0.1, -0.05) is 36.4 Å². The predicted octanol–water partition coefficient (Wildman–Crippen LogP) is 4.68. The van der Waals surface area contributed by atoms with Crippen molar-refractivity contribution >= 4 is 27.4 Å². The molecule has 2 heterocycles. The van der Waals surface area contributed by atoms with Gasteiger partial charge in [-0.05, 0) is 41.3 Å². The zero-order valence-corrected chi connectivity index (χ0v) is 14.4. The number of aliphatic carboxylic acids is 1. The van der Waals surface area contributed by atoms with Crippen LogP contribution in [0.15, 0.2) is 53.9 Å². The zero-order chi connectivity index (χ0) is 17.4. The number of benzene rings is 2. The Morgan fingerprint density at radius 3 is 2.72 bits per heavy atom. The van der Waals surface area contributed by atoms with Gasteiger partial charge in [0.1, 0.15) is 11.9 Å². The molecule has 1 aliphatic rings. The average molecular weight is 355 g/mol. The number of nitrogens with zero attached hydrogens (tertiary/aromatic N) is 1. The van der Waals surface area contributed by atoms with Crippen molar-refractivity contribution in [1.82, 2.24) is 4.90 Å². The maximum atomic E-state index is 14.6. The van der Waals surface area contributed by atoms with Crippen molar-refractivity contribution in [2.45, 2.75) is 24.9 Å². The first-order valence-corrected chi connectivity index (χ1v) is 9.24. The first-order chi connectivity index (χ1) is 12.2. The summed E-state index contributed by atoms with van der Waals surface area (Å²) in [7, 11) is 0. The van der Waals surface area contributed by atoms with Crippen LogP contribution < -0.4 is 0 Å². The number of hydrogen-bond donors (Lipinski definition) is 1. The van der Waals surface area contributed by atoms with E-state index < -0.39 is 12.0 Å². The van der Waals surface area contributed by atoms with Gasteiger partial charge in [0, 0.05) is 16.8 Å². The minimum atomic E-state index is -0.835. The SMILES string of the molecule is O=C(O)C1CCCN1C(c1ccccc1F)c1csc2ccccc12. The summed E-state index contributed by atoms with van der Waals surface area (Å²) < 4.78 is 15.8. The molecule has 0 bridgehead atoms. The third-order valence-corrected chi connectivity index (χ3v) is 5.90. The fourth-order valence-electron chi connectivity index (χ4n) is 3.80. The lowest BCUT2D eigenvalue weighted by Gasteiger charge is -2.31. The van der Waals surface area contributed by atoms with Crippen LogP contribution in [0.25, 0.3) is 10.1 Å². The molecule has 3 nitrogen and oxygen atoms in total. The normalized spacial score (nSPS) is 19.3. The second kappa shape index (κ2) is 6.58. The highest BCUT2D eigenvalue weighted by Gasteiger charge is 2.38. The van der Waals surface area contributed by atoms with Crippen LogP contribution in [0.1, 0.15) is 30.0 Å². The molecule has 3 aromatic rings. The van der Waals surface area contributed by atoms with Crippen molar-refractivity contribution in [3.63, 3.8) is 0 Å². The van der Waals surface area contributed by atoms with Crippen LogP contribution in [0.3, 0.4) is 0 Å². The Morgan fingerprint density at radius 1 is 1.16 bits per heavy atom. The van der Waals surface area contributed by atoms with E-state index in [0.717, 1.165) is 22.1 Å². The van der Waals surface area contributed by atoms with Gasteiger partial charge in [-0.3, -0.25) is 9.69 Å². The molecule has 1 N–H and O–H groups in total. The van der Waals surface area contributed by atoms with Gasteiger partial charge in [0.25, 0.3) is 0 Å². The third kappa shape index (κ3) is 2.83. The van der Waals surface area contributed by atoms with Crippen LogP contribution in [0.5, 0.6) is 0 Å². The van der Waals surface area contributed by atoms with Crippen LogP contribution in [-0.2, 0) is 4.79 Å². The van der Waals surface area contributed by atoms with E-state index in [1.165, 1.54) is 6.07 Å². The fourth-order valence-corrected chi connectivity index (χ4v) is 4.77. The number of hydrogen-bond acceptors (Lipinski definition) is 3. The minimum absolute atomic E-state index is 0.293. The first-order valence-electron chi connectivity index (χ1n) is 8.36. The Hall–Kier alpha value is -2.24. The summed E-state index contributed by atoms with van der Waals surface area (Å²) in [4.78, 5) is 13.7. The average Bonchev–Trinajstić information content (AvgIpc) is 3.25. The van der Waals surface area contributed by atoms with Gasteiger partial charge in [0.2, 0.25) is 0 Å². The molecule has 1 aliphatic heterocycles. The molecule has 1 fully saturated rings. The molecule has 2 atom stereocenters. The van der Waals surface area contributed by atoms with Crippen molar-refractivity contribution in [2.24, 2.45) is 0 Å². The van der Waals surface area contributed by atoms with Crippen molar-refractivity contribution in [2.75, 3.05) is 6.54 Å². The monoisotopic (exact) mass is 355 g/mol. The highest BCUT2D eigenvalue weighted by Crippen LogP contribution is 2.41. The second-order valence-corrected chi connectivity index (χ2v) is 7.26. The van der Waals surface area contributed by atoms with E-state index in [4.69, 9.17) is 0 Å². The molecule has 4 rings (SSSR count). The number of halogens is 1. The molecule has 2 aromatic carbocycles. The number of thiophene rings is 1. The van der Waals surface area contributed by atoms with E-state index in [-0.39, 0.29) is 11.9 Å². The Balaban J connectivity index is 1.90. The largest absolute Gasteiger partial charge is 0.480 e. The Morgan fingerprint density at radius 2 is 1.92 bits per heavy atom. The smallest absolute Gasteiger partial charge is 0.320 e. The molecule has 1 saturated heterocycles. The maximum absolute atomic E-state index is 14.6. The van der Waals surface area contributed by atoms with Gasteiger partial charge in [-0.2, -0.15) is 0 Å². The molecule has 128 valence electrons. The van der Waals surface area contributed by atoms with Gasteiger partial charge >= 0.3 is 5.97 Å². The number of likely N-dealkylation sites (tertiary alicyclic amines) is 1. The molecule has 25 heavy (non-hydrogen) atoms. The molecule has 0 aliphatic carbocycles. The van der Waals surface area contributed by atoms with Gasteiger partial charge in [0.05, 0.1) is 6.04 Å². The van der Waals surface area contributed by atoms with E-state index in [9.17, 15) is 14.3 Å². The van der Waals surface area contributed by atoms with Crippen molar-refractivity contribution in [3.05, 3.63) is 70.9 Å². The minimum Gasteiger partial charge on any atom is -0.480 e. The van der Waals surface area contributed by atoms with Crippen molar-refractivity contribution in [3.8, 4) is 0 Å². The van der Waals surface area contributed by atoms with Gasteiger partial charge < -0.3 is 5.11 Å². The number of rotatable bonds is 4. The molecule has 5 heteroatoms. The summed E-state index contributed by atoms with van der Waals surface area (Å²) in [6, 6.07) is 13.7. The van der Waals surface area contributed by atoms with Crippen LogP contribution in [-0.4, -0.2) is 28.6 Å². The second-order valence-electron chi connectivity index (χ2n) is 6.35. The molecular formula is C20H18FNO2S. The third-order valence-electron chi connectivity index (χ3n) is 4.92. The highest BCUT2D eigenvalue weighted by molar-refractivity contribution is 7.17. The summed E-state index contributed by atoms with van der Waals surface area (Å²) >= 11 is 1.61. The lowest BCUT2D eigenvalue weighted by Crippen LogP contribution is -2.39. The number of carboxylic acid groups (broad SMARTS) is 1. The van der Waals surface area contributed by atoms with Crippen LogP contribution in [0, 0.1) is 5.82 Å². The van der Waals surface area contributed by atoms with E-state index in [1.807, 2.05) is 40.6 Å². The van der Waals surface area contributed by atoms with Crippen LogP contribution in [0.2, 0.25) is 0 Å². The van der Waals surface area contributed by atoms with E-state index in [2.05, 4.69) is 0 Å².